The molecule has 118 valence electrons. The maximum absolute atomic E-state index is 12.0. The van der Waals surface area contributed by atoms with E-state index in [9.17, 15) is 9.90 Å². The van der Waals surface area contributed by atoms with Gasteiger partial charge >= 0.3 is 0 Å². The highest BCUT2D eigenvalue weighted by Crippen LogP contribution is 2.20. The molecule has 0 aromatic heterocycles. The molecule has 7 nitrogen and oxygen atoms in total. The number of amides is 1. The molecule has 0 saturated heterocycles. The van der Waals surface area contributed by atoms with Gasteiger partial charge in [-0.2, -0.15) is 5.26 Å². The van der Waals surface area contributed by atoms with Crippen LogP contribution in [-0.4, -0.2) is 38.1 Å². The van der Waals surface area contributed by atoms with Crippen molar-refractivity contribution in [3.05, 3.63) is 35.5 Å². The number of carbonyl (C=O) groups excluding carboxylic acids is 1. The molecule has 7 heteroatoms. The van der Waals surface area contributed by atoms with Crippen LogP contribution in [0.3, 0.4) is 0 Å². The van der Waals surface area contributed by atoms with Gasteiger partial charge in [0.05, 0.1) is 6.54 Å². The van der Waals surface area contributed by atoms with Gasteiger partial charge < -0.3 is 25.2 Å². The molecule has 1 amide bonds. The van der Waals surface area contributed by atoms with E-state index in [1.807, 2.05) is 6.07 Å². The lowest BCUT2D eigenvalue weighted by molar-refractivity contribution is -0.112. The number of anilines is 1. The molecule has 1 aromatic rings. The molecule has 0 atom stereocenters. The smallest absolute Gasteiger partial charge is 0.267 e. The Labute approximate surface area is 129 Å². The normalized spacial score (nSPS) is 11.1. The molecule has 0 fully saturated rings. The molecule has 0 spiro atoms. The maximum atomic E-state index is 12.0. The molecule has 3 N–H and O–H groups in total. The number of rotatable bonds is 7. The molecule has 0 heterocycles. The quantitative estimate of drug-likeness (QED) is 0.303. The van der Waals surface area contributed by atoms with Crippen LogP contribution in [0.25, 0.3) is 0 Å². The summed E-state index contributed by atoms with van der Waals surface area (Å²) in [6.07, 6.45) is 0.828. The average molecular weight is 305 g/mol. The Morgan fingerprint density at radius 2 is 2.14 bits per heavy atom. The molecule has 0 unspecified atom stereocenters. The Morgan fingerprint density at radius 1 is 1.45 bits per heavy atom. The third-order valence-electron chi connectivity index (χ3n) is 2.88. The van der Waals surface area contributed by atoms with Gasteiger partial charge in [-0.25, -0.2) is 0 Å². The average Bonchev–Trinajstić information content (AvgIpc) is 2.50. The fourth-order valence-electron chi connectivity index (χ4n) is 1.65. The van der Waals surface area contributed by atoms with E-state index in [4.69, 9.17) is 14.7 Å². The van der Waals surface area contributed by atoms with Crippen molar-refractivity contribution >= 4 is 11.6 Å². The third kappa shape index (κ3) is 5.09. The van der Waals surface area contributed by atoms with Gasteiger partial charge in [0, 0.05) is 26.1 Å². The van der Waals surface area contributed by atoms with Gasteiger partial charge in [-0.3, -0.25) is 4.79 Å². The lowest BCUT2D eigenvalue weighted by atomic mass is 10.2. The van der Waals surface area contributed by atoms with Crippen molar-refractivity contribution in [2.24, 2.45) is 0 Å². The number of phenolic OH excluding ortho intramolecular Hbond substituents is 1. The summed E-state index contributed by atoms with van der Waals surface area (Å²) in [6, 6.07) is 6.36. The molecule has 0 aliphatic heterocycles. The first kappa shape index (κ1) is 17.5. The second-order valence-electron chi connectivity index (χ2n) is 4.43. The van der Waals surface area contributed by atoms with E-state index in [0.29, 0.717) is 17.8 Å². The summed E-state index contributed by atoms with van der Waals surface area (Å²) < 4.78 is 9.95. The predicted octanol–water partition coefficient (Wildman–Crippen LogP) is 1.26. The summed E-state index contributed by atoms with van der Waals surface area (Å²) in [6.45, 7) is 2.04. The molecule has 1 rings (SSSR count). The highest BCUT2D eigenvalue weighted by atomic mass is 16.7. The van der Waals surface area contributed by atoms with E-state index in [0.717, 1.165) is 0 Å². The van der Waals surface area contributed by atoms with Crippen molar-refractivity contribution in [2.45, 2.75) is 13.2 Å². The largest absolute Gasteiger partial charge is 0.508 e. The number of nitrogens with zero attached hydrogens (tertiary/aromatic N) is 1. The second-order valence-corrected chi connectivity index (χ2v) is 4.43. The third-order valence-corrected chi connectivity index (χ3v) is 2.88. The van der Waals surface area contributed by atoms with E-state index < -0.39 is 12.2 Å². The topological polar surface area (TPSA) is 104 Å². The molecular weight excluding hydrogens is 286 g/mol. The standard InChI is InChI=1S/C15H19N3O4/c1-10-6-12(19)4-5-13(10)18-15(20)11(7-16)8-17-9-14(21-2)22-3/h4-6,8,14,17,19H,9H2,1-3H3,(H,18,20)/b11-8-. The van der Waals surface area contributed by atoms with Crippen LogP contribution in [-0.2, 0) is 14.3 Å². The first-order chi connectivity index (χ1) is 10.5. The van der Waals surface area contributed by atoms with Gasteiger partial charge in [0.1, 0.15) is 17.4 Å². The summed E-state index contributed by atoms with van der Waals surface area (Å²) in [5.41, 5.74) is 1.13. The van der Waals surface area contributed by atoms with Crippen molar-refractivity contribution in [1.82, 2.24) is 5.32 Å². The fourth-order valence-corrected chi connectivity index (χ4v) is 1.65. The highest BCUT2D eigenvalue weighted by Gasteiger charge is 2.11. The van der Waals surface area contributed by atoms with Crippen LogP contribution >= 0.6 is 0 Å². The highest BCUT2D eigenvalue weighted by molar-refractivity contribution is 6.06. The summed E-state index contributed by atoms with van der Waals surface area (Å²) in [5, 5.41) is 23.8. The number of aryl methyl sites for hydroxylation is 1. The van der Waals surface area contributed by atoms with Gasteiger partial charge in [0.15, 0.2) is 6.29 Å². The Morgan fingerprint density at radius 3 is 2.68 bits per heavy atom. The first-order valence-electron chi connectivity index (χ1n) is 6.52. The van der Waals surface area contributed by atoms with Crippen molar-refractivity contribution in [3.63, 3.8) is 0 Å². The molecule has 0 aliphatic carbocycles. The number of ether oxygens (including phenoxy) is 2. The Bertz CT molecular complexity index is 589. The number of methoxy groups -OCH3 is 2. The number of benzene rings is 1. The lowest BCUT2D eigenvalue weighted by Gasteiger charge is -2.13. The predicted molar refractivity (Wildman–Crippen MR) is 81.0 cm³/mol. The summed E-state index contributed by atoms with van der Waals surface area (Å²) in [4.78, 5) is 12.0. The molecule has 0 aliphatic rings. The fraction of sp³-hybridized carbons (Fsp3) is 0.333. The number of hydrogen-bond acceptors (Lipinski definition) is 6. The van der Waals surface area contributed by atoms with Crippen LogP contribution in [0.1, 0.15) is 5.56 Å². The van der Waals surface area contributed by atoms with Crippen LogP contribution in [0.15, 0.2) is 30.0 Å². The number of hydrogen-bond donors (Lipinski definition) is 3. The first-order valence-corrected chi connectivity index (χ1v) is 6.52. The Kier molecular flexibility index (Phi) is 6.89. The van der Waals surface area contributed by atoms with Crippen molar-refractivity contribution < 1.29 is 19.4 Å². The van der Waals surface area contributed by atoms with Crippen molar-refractivity contribution in [1.29, 1.82) is 5.26 Å². The Balaban J connectivity index is 2.70. The zero-order valence-corrected chi connectivity index (χ0v) is 12.7. The van der Waals surface area contributed by atoms with E-state index in [1.165, 1.54) is 32.6 Å². The molecule has 0 bridgehead atoms. The minimum atomic E-state index is -0.546. The second kappa shape index (κ2) is 8.67. The summed E-state index contributed by atoms with van der Waals surface area (Å²) in [5.74, 6) is -0.437. The van der Waals surface area contributed by atoms with Gasteiger partial charge in [-0.15, -0.1) is 0 Å². The minimum Gasteiger partial charge on any atom is -0.508 e. The number of phenols is 1. The molecule has 1 aromatic carbocycles. The minimum absolute atomic E-state index is 0.0848. The van der Waals surface area contributed by atoms with E-state index >= 15 is 0 Å². The van der Waals surface area contributed by atoms with Crippen LogP contribution in [0.4, 0.5) is 5.69 Å². The molecule has 0 saturated carbocycles. The van der Waals surface area contributed by atoms with Crippen LogP contribution in [0.2, 0.25) is 0 Å². The van der Waals surface area contributed by atoms with Crippen molar-refractivity contribution in [2.75, 3.05) is 26.1 Å². The van der Waals surface area contributed by atoms with Gasteiger partial charge in [-0.05, 0) is 30.7 Å². The maximum Gasteiger partial charge on any atom is 0.267 e. The van der Waals surface area contributed by atoms with Crippen LogP contribution < -0.4 is 10.6 Å². The number of nitriles is 1. The van der Waals surface area contributed by atoms with E-state index in [-0.39, 0.29) is 11.3 Å². The summed E-state index contributed by atoms with van der Waals surface area (Å²) >= 11 is 0. The van der Waals surface area contributed by atoms with E-state index in [1.54, 1.807) is 13.0 Å². The van der Waals surface area contributed by atoms with Crippen LogP contribution in [0, 0.1) is 18.3 Å². The molecule has 22 heavy (non-hydrogen) atoms. The Hall–Kier alpha value is -2.56. The monoisotopic (exact) mass is 305 g/mol. The van der Waals surface area contributed by atoms with Crippen molar-refractivity contribution in [3.8, 4) is 11.8 Å². The SMILES string of the molecule is COC(CN/C=C(/C#N)C(=O)Nc1ccc(O)cc1C)OC. The van der Waals surface area contributed by atoms with Gasteiger partial charge in [-0.1, -0.05) is 0 Å². The zero-order valence-electron chi connectivity index (χ0n) is 12.7. The summed E-state index contributed by atoms with van der Waals surface area (Å²) in [7, 11) is 2.98. The molecular formula is C15H19N3O4. The number of carbonyl (C=O) groups is 1. The van der Waals surface area contributed by atoms with Gasteiger partial charge in [0.2, 0.25) is 0 Å². The number of aromatic hydroxyl groups is 1. The molecule has 0 radical (unpaired) electrons. The van der Waals surface area contributed by atoms with Crippen LogP contribution in [0.5, 0.6) is 5.75 Å². The number of nitrogens with one attached hydrogen (secondary N) is 2. The van der Waals surface area contributed by atoms with Gasteiger partial charge in [0.25, 0.3) is 5.91 Å². The zero-order chi connectivity index (χ0) is 16.5. The lowest BCUT2D eigenvalue weighted by Crippen LogP contribution is -2.27. The van der Waals surface area contributed by atoms with E-state index in [2.05, 4.69) is 10.6 Å².